The van der Waals surface area contributed by atoms with Gasteiger partial charge in [-0.25, -0.2) is 0 Å². The van der Waals surface area contributed by atoms with Crippen LogP contribution in [0.15, 0.2) is 30.5 Å². The van der Waals surface area contributed by atoms with Crippen LogP contribution in [0.25, 0.3) is 10.9 Å². The molecule has 1 heterocycles. The largest absolute Gasteiger partial charge is 0.361 e. The van der Waals surface area contributed by atoms with Gasteiger partial charge in [0, 0.05) is 23.6 Å². The van der Waals surface area contributed by atoms with Gasteiger partial charge in [-0.15, -0.1) is 12.4 Å². The van der Waals surface area contributed by atoms with Crippen LogP contribution in [0, 0.1) is 5.41 Å². The van der Waals surface area contributed by atoms with Gasteiger partial charge in [0.1, 0.15) is 0 Å². The van der Waals surface area contributed by atoms with Gasteiger partial charge in [0.25, 0.3) is 0 Å². The van der Waals surface area contributed by atoms with Gasteiger partial charge in [-0.2, -0.15) is 0 Å². The van der Waals surface area contributed by atoms with Gasteiger partial charge in [0.2, 0.25) is 5.91 Å². The number of amides is 1. The number of halogens is 1. The summed E-state index contributed by atoms with van der Waals surface area (Å²) >= 11 is 0. The second-order valence-corrected chi connectivity index (χ2v) is 6.24. The Morgan fingerprint density at radius 2 is 2.14 bits per heavy atom. The molecule has 1 fully saturated rings. The molecule has 1 atom stereocenters. The normalized spacial score (nSPS) is 16.8. The van der Waals surface area contributed by atoms with E-state index in [9.17, 15) is 4.79 Å². The summed E-state index contributed by atoms with van der Waals surface area (Å²) < 4.78 is 0. The molecule has 0 radical (unpaired) electrons. The summed E-state index contributed by atoms with van der Waals surface area (Å²) in [5.41, 5.74) is 8.61. The summed E-state index contributed by atoms with van der Waals surface area (Å²) in [6.07, 6.45) is 6.09. The number of carbonyl (C=O) groups excluding carboxylic acids is 1. The monoisotopic (exact) mass is 321 g/mol. The van der Waals surface area contributed by atoms with Crippen molar-refractivity contribution in [1.29, 1.82) is 0 Å². The van der Waals surface area contributed by atoms with Gasteiger partial charge in [0.05, 0.1) is 6.04 Å². The number of nitrogens with two attached hydrogens (primary N) is 1. The topological polar surface area (TPSA) is 70.9 Å². The molecule has 120 valence electrons. The zero-order chi connectivity index (χ0) is 14.9. The average Bonchev–Trinajstić information content (AvgIpc) is 3.20. The molecule has 3 rings (SSSR count). The lowest BCUT2D eigenvalue weighted by Crippen LogP contribution is -2.43. The Morgan fingerprint density at radius 1 is 1.41 bits per heavy atom. The maximum absolute atomic E-state index is 12.1. The van der Waals surface area contributed by atoms with Crippen LogP contribution in [0.4, 0.5) is 0 Å². The predicted octanol–water partition coefficient (Wildman–Crippen LogP) is 2.77. The van der Waals surface area contributed by atoms with E-state index in [1.54, 1.807) is 0 Å². The molecule has 5 heteroatoms. The molecule has 0 aliphatic heterocycles. The van der Waals surface area contributed by atoms with E-state index in [-0.39, 0.29) is 18.3 Å². The highest BCUT2D eigenvalue weighted by Gasteiger charge is 2.40. The molecule has 4 nitrogen and oxygen atoms in total. The lowest BCUT2D eigenvalue weighted by Gasteiger charge is -2.16. The third-order valence-corrected chi connectivity index (χ3v) is 4.80. The quantitative estimate of drug-likeness (QED) is 0.765. The van der Waals surface area contributed by atoms with Crippen LogP contribution >= 0.6 is 12.4 Å². The van der Waals surface area contributed by atoms with Crippen molar-refractivity contribution in [2.45, 2.75) is 38.6 Å². The Morgan fingerprint density at radius 3 is 2.82 bits per heavy atom. The fraction of sp³-hybridized carbons (Fsp3) is 0.471. The first-order valence-corrected chi connectivity index (χ1v) is 7.72. The van der Waals surface area contributed by atoms with Crippen molar-refractivity contribution in [3.05, 3.63) is 36.0 Å². The number of nitrogens with one attached hydrogen (secondary N) is 2. The van der Waals surface area contributed by atoms with Crippen molar-refractivity contribution in [3.63, 3.8) is 0 Å². The SMILES string of the molecule is CCC1(CNC(=O)[C@@H](N)Cc2c[nH]c3ccccc23)CC1.Cl. The average molecular weight is 322 g/mol. The van der Waals surface area contributed by atoms with E-state index in [0.717, 1.165) is 29.4 Å². The Bertz CT molecular complexity index is 648. The van der Waals surface area contributed by atoms with E-state index < -0.39 is 6.04 Å². The number of hydrogen-bond donors (Lipinski definition) is 3. The summed E-state index contributed by atoms with van der Waals surface area (Å²) in [7, 11) is 0. The molecule has 0 saturated heterocycles. The smallest absolute Gasteiger partial charge is 0.237 e. The Labute approximate surface area is 137 Å². The van der Waals surface area contributed by atoms with E-state index in [0.29, 0.717) is 11.8 Å². The zero-order valence-corrected chi connectivity index (χ0v) is 13.7. The summed E-state index contributed by atoms with van der Waals surface area (Å²) in [5.74, 6) is -0.0417. The summed E-state index contributed by atoms with van der Waals surface area (Å²) in [5, 5.41) is 4.17. The number of fused-ring (bicyclic) bond motifs is 1. The van der Waals surface area contributed by atoms with Gasteiger partial charge in [0.15, 0.2) is 0 Å². The van der Waals surface area contributed by atoms with Crippen LogP contribution in [0.3, 0.4) is 0 Å². The van der Waals surface area contributed by atoms with Crippen LogP contribution in [0.5, 0.6) is 0 Å². The molecule has 1 aromatic heterocycles. The number of hydrogen-bond acceptors (Lipinski definition) is 2. The summed E-state index contributed by atoms with van der Waals surface area (Å²) in [4.78, 5) is 15.4. The lowest BCUT2D eigenvalue weighted by molar-refractivity contribution is -0.122. The van der Waals surface area contributed by atoms with Gasteiger partial charge in [-0.3, -0.25) is 4.79 Å². The van der Waals surface area contributed by atoms with Gasteiger partial charge < -0.3 is 16.0 Å². The molecular weight excluding hydrogens is 298 g/mol. The van der Waals surface area contributed by atoms with Crippen LogP contribution in [0.1, 0.15) is 31.7 Å². The minimum absolute atomic E-state index is 0. The third kappa shape index (κ3) is 3.45. The number of carbonyl (C=O) groups is 1. The van der Waals surface area contributed by atoms with Crippen LogP contribution in [-0.4, -0.2) is 23.5 Å². The molecule has 1 aliphatic carbocycles. The van der Waals surface area contributed by atoms with E-state index in [4.69, 9.17) is 5.73 Å². The molecule has 2 aromatic rings. The van der Waals surface area contributed by atoms with Crippen molar-refractivity contribution < 1.29 is 4.79 Å². The minimum atomic E-state index is -0.489. The summed E-state index contributed by atoms with van der Waals surface area (Å²) in [6.45, 7) is 2.95. The standard InChI is InChI=1S/C17H23N3O.ClH/c1-2-17(7-8-17)11-20-16(21)14(18)9-12-10-19-15-6-4-3-5-13(12)15;/h3-6,10,14,19H,2,7-9,11,18H2,1H3,(H,20,21);1H/t14-;/m0./s1. The molecule has 1 saturated carbocycles. The number of H-pyrrole nitrogens is 1. The van der Waals surface area contributed by atoms with Crippen molar-refractivity contribution in [2.75, 3.05) is 6.54 Å². The Kier molecular flexibility index (Phi) is 5.14. The second kappa shape index (κ2) is 6.71. The number of rotatable bonds is 6. The van der Waals surface area contributed by atoms with E-state index >= 15 is 0 Å². The lowest BCUT2D eigenvalue weighted by atomic mass is 10.0. The van der Waals surface area contributed by atoms with Gasteiger partial charge >= 0.3 is 0 Å². The number of aromatic nitrogens is 1. The number of aromatic amines is 1. The fourth-order valence-electron chi connectivity index (χ4n) is 2.87. The third-order valence-electron chi connectivity index (χ3n) is 4.80. The van der Waals surface area contributed by atoms with E-state index in [1.165, 1.54) is 12.8 Å². The molecule has 0 unspecified atom stereocenters. The minimum Gasteiger partial charge on any atom is -0.361 e. The first-order valence-electron chi connectivity index (χ1n) is 7.72. The van der Waals surface area contributed by atoms with Crippen molar-refractivity contribution >= 4 is 29.2 Å². The predicted molar refractivity (Wildman–Crippen MR) is 92.2 cm³/mol. The van der Waals surface area contributed by atoms with E-state index in [2.05, 4.69) is 23.3 Å². The number of para-hydroxylation sites is 1. The molecule has 1 amide bonds. The first-order chi connectivity index (χ1) is 10.1. The molecule has 4 N–H and O–H groups in total. The summed E-state index contributed by atoms with van der Waals surface area (Å²) in [6, 6.07) is 7.60. The van der Waals surface area contributed by atoms with Crippen LogP contribution in [-0.2, 0) is 11.2 Å². The maximum atomic E-state index is 12.1. The van der Waals surface area contributed by atoms with E-state index in [1.807, 2.05) is 24.4 Å². The highest BCUT2D eigenvalue weighted by Crippen LogP contribution is 2.47. The van der Waals surface area contributed by atoms with Crippen molar-refractivity contribution in [1.82, 2.24) is 10.3 Å². The Balaban J connectivity index is 0.00000176. The van der Waals surface area contributed by atoms with Crippen LogP contribution < -0.4 is 11.1 Å². The number of benzene rings is 1. The molecule has 0 spiro atoms. The molecule has 1 aromatic carbocycles. The second-order valence-electron chi connectivity index (χ2n) is 6.24. The van der Waals surface area contributed by atoms with Crippen molar-refractivity contribution in [2.24, 2.45) is 11.1 Å². The maximum Gasteiger partial charge on any atom is 0.237 e. The molecule has 1 aliphatic rings. The van der Waals surface area contributed by atoms with Crippen LogP contribution in [0.2, 0.25) is 0 Å². The first kappa shape index (κ1) is 16.8. The zero-order valence-electron chi connectivity index (χ0n) is 12.9. The van der Waals surface area contributed by atoms with Gasteiger partial charge in [-0.1, -0.05) is 25.1 Å². The fourth-order valence-corrected chi connectivity index (χ4v) is 2.87. The highest BCUT2D eigenvalue weighted by atomic mass is 35.5. The highest BCUT2D eigenvalue weighted by molar-refractivity contribution is 5.86. The van der Waals surface area contributed by atoms with Gasteiger partial charge in [-0.05, 0) is 42.7 Å². The van der Waals surface area contributed by atoms with Crippen molar-refractivity contribution in [3.8, 4) is 0 Å². The molecule has 0 bridgehead atoms. The molecule has 22 heavy (non-hydrogen) atoms. The Hall–Kier alpha value is -1.52. The molecular formula is C17H24ClN3O.